The number of aliphatic hydroxyl groups is 1. The molecule has 1 aromatic heterocycles. The fraction of sp³-hybridized carbons (Fsp3) is 0.375. The van der Waals surface area contributed by atoms with Crippen LogP contribution in [0.5, 0.6) is 0 Å². The molecule has 1 fully saturated rings. The first-order chi connectivity index (χ1) is 15.1. The number of halogens is 2. The van der Waals surface area contributed by atoms with Crippen LogP contribution in [-0.4, -0.2) is 37.8 Å². The van der Waals surface area contributed by atoms with E-state index in [1.165, 1.54) is 6.07 Å². The molecule has 1 saturated carbocycles. The van der Waals surface area contributed by atoms with Crippen molar-refractivity contribution in [2.24, 2.45) is 5.92 Å². The minimum absolute atomic E-state index is 0.218. The van der Waals surface area contributed by atoms with Gasteiger partial charge < -0.3 is 14.4 Å². The topological polar surface area (TPSA) is 79.5 Å². The van der Waals surface area contributed by atoms with Crippen molar-refractivity contribution in [2.75, 3.05) is 0 Å². The van der Waals surface area contributed by atoms with Crippen molar-refractivity contribution in [3.05, 3.63) is 58.2 Å². The third-order valence-electron chi connectivity index (χ3n) is 6.21. The van der Waals surface area contributed by atoms with E-state index in [1.54, 1.807) is 49.9 Å². The van der Waals surface area contributed by atoms with Gasteiger partial charge in [0.1, 0.15) is 5.82 Å². The Labute approximate surface area is 190 Å². The number of amides is 1. The lowest BCUT2D eigenvalue weighted by atomic mass is 9.92. The summed E-state index contributed by atoms with van der Waals surface area (Å²) in [6.45, 7) is 5.39. The zero-order chi connectivity index (χ0) is 22.8. The third kappa shape index (κ3) is 3.49. The van der Waals surface area contributed by atoms with Crippen molar-refractivity contribution in [1.29, 1.82) is 0 Å². The van der Waals surface area contributed by atoms with Gasteiger partial charge in [0.2, 0.25) is 11.8 Å². The summed E-state index contributed by atoms with van der Waals surface area (Å²) >= 11 is 6.38. The SMILES string of the molecule is Cc1nnc(-c2ccc(-c3c(F)cc(Cl)c4c3C(=O)N(C(C3CC3)C(C)(C)O)C4)cc2)o1. The molecule has 1 aliphatic heterocycles. The van der Waals surface area contributed by atoms with E-state index >= 15 is 4.39 Å². The first-order valence-electron chi connectivity index (χ1n) is 10.6. The second-order valence-electron chi connectivity index (χ2n) is 9.14. The Balaban J connectivity index is 1.57. The normalized spacial score (nSPS) is 17.1. The van der Waals surface area contributed by atoms with Crippen LogP contribution >= 0.6 is 11.6 Å². The molecule has 5 rings (SSSR count). The van der Waals surface area contributed by atoms with Gasteiger partial charge in [-0.3, -0.25) is 4.79 Å². The number of aryl methyl sites for hydroxylation is 1. The monoisotopic (exact) mass is 455 g/mol. The van der Waals surface area contributed by atoms with E-state index in [0.717, 1.165) is 12.8 Å². The molecule has 0 bridgehead atoms. The zero-order valence-electron chi connectivity index (χ0n) is 18.0. The van der Waals surface area contributed by atoms with Gasteiger partial charge in [0.15, 0.2) is 0 Å². The highest BCUT2D eigenvalue weighted by molar-refractivity contribution is 6.32. The molecule has 2 heterocycles. The van der Waals surface area contributed by atoms with Crippen molar-refractivity contribution >= 4 is 17.5 Å². The van der Waals surface area contributed by atoms with Crippen molar-refractivity contribution in [2.45, 2.75) is 51.8 Å². The maximum absolute atomic E-state index is 15.2. The Bertz CT molecular complexity index is 1210. The molecule has 0 saturated heterocycles. The molecule has 2 aromatic carbocycles. The number of benzene rings is 2. The molecule has 2 aliphatic rings. The second-order valence-corrected chi connectivity index (χ2v) is 9.55. The quantitative estimate of drug-likeness (QED) is 0.585. The maximum Gasteiger partial charge on any atom is 0.255 e. The fourth-order valence-corrected chi connectivity index (χ4v) is 5.01. The van der Waals surface area contributed by atoms with Gasteiger partial charge >= 0.3 is 0 Å². The van der Waals surface area contributed by atoms with Crippen LogP contribution < -0.4 is 0 Å². The van der Waals surface area contributed by atoms with Crippen LogP contribution in [0.25, 0.3) is 22.6 Å². The van der Waals surface area contributed by atoms with E-state index in [1.807, 2.05) is 0 Å². The maximum atomic E-state index is 15.2. The Morgan fingerprint density at radius 3 is 2.41 bits per heavy atom. The number of aromatic nitrogens is 2. The summed E-state index contributed by atoms with van der Waals surface area (Å²) in [7, 11) is 0. The van der Waals surface area contributed by atoms with Crippen molar-refractivity contribution in [3.8, 4) is 22.6 Å². The fourth-order valence-electron chi connectivity index (χ4n) is 4.76. The summed E-state index contributed by atoms with van der Waals surface area (Å²) in [5.74, 6) is 0.199. The minimum atomic E-state index is -1.08. The number of fused-ring (bicyclic) bond motifs is 1. The summed E-state index contributed by atoms with van der Waals surface area (Å²) in [6, 6.07) is 7.88. The van der Waals surface area contributed by atoms with E-state index in [-0.39, 0.29) is 40.6 Å². The summed E-state index contributed by atoms with van der Waals surface area (Å²) in [5.41, 5.74) is 1.26. The predicted molar refractivity (Wildman–Crippen MR) is 118 cm³/mol. The molecule has 1 unspecified atom stereocenters. The van der Waals surface area contributed by atoms with Gasteiger partial charge in [-0.05, 0) is 56.4 Å². The molecule has 0 spiro atoms. The Morgan fingerprint density at radius 2 is 1.84 bits per heavy atom. The number of hydrogen-bond donors (Lipinski definition) is 1. The summed E-state index contributed by atoms with van der Waals surface area (Å²) in [5, 5.41) is 18.8. The van der Waals surface area contributed by atoms with Crippen LogP contribution in [0.4, 0.5) is 4.39 Å². The molecule has 1 amide bonds. The lowest BCUT2D eigenvalue weighted by Gasteiger charge is -2.37. The van der Waals surface area contributed by atoms with E-state index in [4.69, 9.17) is 16.0 Å². The number of rotatable bonds is 5. The molecule has 1 atom stereocenters. The van der Waals surface area contributed by atoms with E-state index in [2.05, 4.69) is 10.2 Å². The second kappa shape index (κ2) is 7.39. The number of carbonyl (C=O) groups excluding carboxylic acids is 1. The molecule has 0 radical (unpaired) electrons. The average Bonchev–Trinajstić information content (AvgIpc) is 3.36. The number of hydrogen-bond acceptors (Lipinski definition) is 5. The number of carbonyl (C=O) groups is 1. The lowest BCUT2D eigenvalue weighted by Crippen LogP contribution is -2.51. The van der Waals surface area contributed by atoms with Crippen LogP contribution in [0.1, 0.15) is 48.5 Å². The standard InChI is InChI=1S/C24H23ClFN3O3/c1-12-27-28-22(32-12)15-8-4-13(5-9-15)19-18(26)10-17(25)16-11-29(23(30)20(16)19)21(14-6-7-14)24(2,3)31/h4-5,8-10,14,21,31H,6-7,11H2,1-3H3. The summed E-state index contributed by atoms with van der Waals surface area (Å²) in [4.78, 5) is 15.2. The highest BCUT2D eigenvalue weighted by atomic mass is 35.5. The van der Waals surface area contributed by atoms with Crippen molar-refractivity contribution < 1.29 is 18.7 Å². The van der Waals surface area contributed by atoms with Gasteiger partial charge in [0.05, 0.1) is 17.2 Å². The Kier molecular flexibility index (Phi) is 4.87. The van der Waals surface area contributed by atoms with Gasteiger partial charge in [-0.1, -0.05) is 23.7 Å². The minimum Gasteiger partial charge on any atom is -0.421 e. The summed E-state index contributed by atoms with van der Waals surface area (Å²) in [6.07, 6.45) is 1.92. The van der Waals surface area contributed by atoms with Gasteiger partial charge in [-0.15, -0.1) is 10.2 Å². The summed E-state index contributed by atoms with van der Waals surface area (Å²) < 4.78 is 20.6. The Morgan fingerprint density at radius 1 is 1.19 bits per heavy atom. The molecule has 1 N–H and O–H groups in total. The zero-order valence-corrected chi connectivity index (χ0v) is 18.8. The molecule has 32 heavy (non-hydrogen) atoms. The lowest BCUT2D eigenvalue weighted by molar-refractivity contribution is -0.0224. The average molecular weight is 456 g/mol. The van der Waals surface area contributed by atoms with Crippen LogP contribution in [0.3, 0.4) is 0 Å². The molecular weight excluding hydrogens is 433 g/mol. The number of nitrogens with zero attached hydrogens (tertiary/aromatic N) is 3. The highest BCUT2D eigenvalue weighted by Gasteiger charge is 2.49. The van der Waals surface area contributed by atoms with Gasteiger partial charge in [0.25, 0.3) is 5.91 Å². The molecular formula is C24H23ClFN3O3. The van der Waals surface area contributed by atoms with Crippen molar-refractivity contribution in [1.82, 2.24) is 15.1 Å². The third-order valence-corrected chi connectivity index (χ3v) is 6.55. The van der Waals surface area contributed by atoms with Crippen LogP contribution in [0.15, 0.2) is 34.7 Å². The first kappa shape index (κ1) is 21.1. The molecule has 8 heteroatoms. The predicted octanol–water partition coefficient (Wildman–Crippen LogP) is 5.01. The molecule has 166 valence electrons. The van der Waals surface area contributed by atoms with Gasteiger partial charge in [-0.2, -0.15) is 0 Å². The molecule has 3 aromatic rings. The van der Waals surface area contributed by atoms with Crippen molar-refractivity contribution in [3.63, 3.8) is 0 Å². The van der Waals surface area contributed by atoms with E-state index in [0.29, 0.717) is 28.5 Å². The first-order valence-corrected chi connectivity index (χ1v) is 11.0. The highest BCUT2D eigenvalue weighted by Crippen LogP contribution is 2.46. The van der Waals surface area contributed by atoms with Crippen LogP contribution in [0, 0.1) is 18.7 Å². The van der Waals surface area contributed by atoms with E-state index in [9.17, 15) is 9.90 Å². The smallest absolute Gasteiger partial charge is 0.255 e. The van der Waals surface area contributed by atoms with E-state index < -0.39 is 11.4 Å². The Hall–Kier alpha value is -2.77. The van der Waals surface area contributed by atoms with Crippen LogP contribution in [-0.2, 0) is 6.54 Å². The largest absolute Gasteiger partial charge is 0.421 e. The molecule has 1 aliphatic carbocycles. The van der Waals surface area contributed by atoms with Gasteiger partial charge in [-0.25, -0.2) is 4.39 Å². The van der Waals surface area contributed by atoms with Crippen LogP contribution in [0.2, 0.25) is 5.02 Å². The van der Waals surface area contributed by atoms with Gasteiger partial charge in [0, 0.05) is 35.2 Å². The molecule has 6 nitrogen and oxygen atoms in total.